The maximum Gasteiger partial charge on any atom is 0.325 e. The fourth-order valence-electron chi connectivity index (χ4n) is 2.36. The van der Waals surface area contributed by atoms with Crippen molar-refractivity contribution in [2.75, 3.05) is 16.0 Å². The van der Waals surface area contributed by atoms with Gasteiger partial charge in [-0.1, -0.05) is 39.4 Å². The van der Waals surface area contributed by atoms with Gasteiger partial charge in [0.2, 0.25) is 0 Å². The molecule has 0 aliphatic heterocycles. The molecule has 0 saturated heterocycles. The maximum absolute atomic E-state index is 12.5. The Balaban J connectivity index is 1.65. The molecule has 0 aliphatic rings. The van der Waals surface area contributed by atoms with Crippen LogP contribution in [0.3, 0.4) is 0 Å². The molecule has 2 aromatic carbocycles. The second kappa shape index (κ2) is 8.32. The highest BCUT2D eigenvalue weighted by Gasteiger charge is 2.17. The molecule has 0 bridgehead atoms. The first kappa shape index (κ1) is 19.1. The zero-order valence-corrected chi connectivity index (χ0v) is 17.1. The van der Waals surface area contributed by atoms with E-state index in [1.165, 1.54) is 0 Å². The zero-order valence-electron chi connectivity index (χ0n) is 14.7. The number of hydrogen-bond donors (Lipinski definition) is 3. The average Bonchev–Trinajstić information content (AvgIpc) is 2.97. The van der Waals surface area contributed by atoms with E-state index in [9.17, 15) is 9.59 Å². The van der Waals surface area contributed by atoms with Crippen LogP contribution in [0, 0.1) is 13.8 Å². The van der Waals surface area contributed by atoms with Gasteiger partial charge in [-0.2, -0.15) is 0 Å². The number of carbonyl (C=O) groups excluding carboxylic acids is 2. The number of carbonyl (C=O) groups is 2. The van der Waals surface area contributed by atoms with Crippen LogP contribution in [-0.4, -0.2) is 16.9 Å². The lowest BCUT2D eigenvalue weighted by molar-refractivity contribution is 0.103. The summed E-state index contributed by atoms with van der Waals surface area (Å²) in [5, 5.41) is 8.60. The molecule has 1 aromatic heterocycles. The smallest absolute Gasteiger partial charge is 0.321 e. The summed E-state index contributed by atoms with van der Waals surface area (Å²) < 4.78 is 0.931. The molecular formula is C19H17BrN4O2S. The number of amides is 3. The Bertz CT molecular complexity index is 986. The molecule has 3 amide bonds. The predicted octanol–water partition coefficient (Wildman–Crippen LogP) is 5.42. The summed E-state index contributed by atoms with van der Waals surface area (Å²) >= 11 is 4.48. The second-order valence-corrected chi connectivity index (χ2v) is 7.76. The lowest BCUT2D eigenvalue weighted by Crippen LogP contribution is -2.19. The summed E-state index contributed by atoms with van der Waals surface area (Å²) in [7, 11) is 0. The molecule has 3 N–H and O–H groups in total. The van der Waals surface area contributed by atoms with E-state index in [-0.39, 0.29) is 5.91 Å². The number of hydrogen-bond acceptors (Lipinski definition) is 4. The Kier molecular flexibility index (Phi) is 5.88. The SMILES string of the molecule is Cc1cccc(NC(=O)Nc2nc(C)c(C(=O)Nc3ccc(Br)cc3)s2)c1. The Hall–Kier alpha value is -2.71. The molecule has 0 saturated carbocycles. The van der Waals surface area contributed by atoms with Gasteiger partial charge in [0.25, 0.3) is 5.91 Å². The summed E-state index contributed by atoms with van der Waals surface area (Å²) in [6, 6.07) is 14.4. The highest BCUT2D eigenvalue weighted by atomic mass is 79.9. The molecule has 0 unspecified atom stereocenters. The number of urea groups is 1. The van der Waals surface area contributed by atoms with Gasteiger partial charge < -0.3 is 10.6 Å². The highest BCUT2D eigenvalue weighted by molar-refractivity contribution is 9.10. The fraction of sp³-hybridized carbons (Fsp3) is 0.105. The van der Waals surface area contributed by atoms with Crippen molar-refractivity contribution in [1.82, 2.24) is 4.98 Å². The van der Waals surface area contributed by atoms with E-state index >= 15 is 0 Å². The molecule has 27 heavy (non-hydrogen) atoms. The Morgan fingerprint density at radius 1 is 0.963 bits per heavy atom. The van der Waals surface area contributed by atoms with Crippen LogP contribution in [0.2, 0.25) is 0 Å². The second-order valence-electron chi connectivity index (χ2n) is 5.84. The normalized spacial score (nSPS) is 10.3. The average molecular weight is 445 g/mol. The van der Waals surface area contributed by atoms with Crippen molar-refractivity contribution in [2.45, 2.75) is 13.8 Å². The number of nitrogens with one attached hydrogen (secondary N) is 3. The standard InChI is InChI=1S/C19H17BrN4O2S/c1-11-4-3-5-15(10-11)23-18(26)24-19-21-12(2)16(27-19)17(25)22-14-8-6-13(20)7-9-14/h3-10H,1-2H3,(H,22,25)(H2,21,23,24,26). The monoisotopic (exact) mass is 444 g/mol. The van der Waals surface area contributed by atoms with Crippen molar-refractivity contribution in [3.63, 3.8) is 0 Å². The van der Waals surface area contributed by atoms with Gasteiger partial charge in [0.05, 0.1) is 5.69 Å². The summed E-state index contributed by atoms with van der Waals surface area (Å²) in [6.45, 7) is 3.68. The predicted molar refractivity (Wildman–Crippen MR) is 113 cm³/mol. The van der Waals surface area contributed by atoms with Crippen LogP contribution in [0.25, 0.3) is 0 Å². The number of anilines is 3. The molecule has 3 rings (SSSR count). The minimum absolute atomic E-state index is 0.264. The summed E-state index contributed by atoms with van der Waals surface area (Å²) in [4.78, 5) is 29.3. The lowest BCUT2D eigenvalue weighted by Gasteiger charge is -2.05. The topological polar surface area (TPSA) is 83.1 Å². The number of rotatable bonds is 4. The minimum atomic E-state index is -0.408. The Labute approximate surface area is 169 Å². The van der Waals surface area contributed by atoms with Crippen molar-refractivity contribution in [2.24, 2.45) is 0 Å². The molecule has 0 atom stereocenters. The number of nitrogens with zero attached hydrogens (tertiary/aromatic N) is 1. The summed E-state index contributed by atoms with van der Waals surface area (Å²) in [6.07, 6.45) is 0. The number of halogens is 1. The Morgan fingerprint density at radius 2 is 1.70 bits per heavy atom. The molecule has 0 spiro atoms. The minimum Gasteiger partial charge on any atom is -0.321 e. The van der Waals surface area contributed by atoms with Crippen molar-refractivity contribution in [3.8, 4) is 0 Å². The van der Waals surface area contributed by atoms with E-state index in [2.05, 4.69) is 36.9 Å². The molecule has 0 aliphatic carbocycles. The third-order valence-electron chi connectivity index (χ3n) is 3.60. The van der Waals surface area contributed by atoms with Crippen molar-refractivity contribution < 1.29 is 9.59 Å². The van der Waals surface area contributed by atoms with Gasteiger partial charge in [0, 0.05) is 15.8 Å². The first-order valence-electron chi connectivity index (χ1n) is 8.10. The largest absolute Gasteiger partial charge is 0.325 e. The van der Waals surface area contributed by atoms with Gasteiger partial charge in [-0.15, -0.1) is 0 Å². The van der Waals surface area contributed by atoms with Crippen LogP contribution in [0.5, 0.6) is 0 Å². The molecule has 3 aromatic rings. The fourth-order valence-corrected chi connectivity index (χ4v) is 3.48. The third kappa shape index (κ3) is 5.15. The number of benzene rings is 2. The van der Waals surface area contributed by atoms with Crippen LogP contribution in [0.15, 0.2) is 53.0 Å². The van der Waals surface area contributed by atoms with Gasteiger partial charge in [-0.3, -0.25) is 10.1 Å². The number of aromatic nitrogens is 1. The molecule has 6 nitrogen and oxygen atoms in total. The van der Waals surface area contributed by atoms with Crippen molar-refractivity contribution >= 4 is 55.7 Å². The van der Waals surface area contributed by atoms with Gasteiger partial charge >= 0.3 is 6.03 Å². The first-order valence-corrected chi connectivity index (χ1v) is 9.70. The van der Waals surface area contributed by atoms with E-state index in [0.29, 0.717) is 27.1 Å². The van der Waals surface area contributed by atoms with Crippen LogP contribution in [0.1, 0.15) is 20.9 Å². The van der Waals surface area contributed by atoms with Crippen LogP contribution >= 0.6 is 27.3 Å². The molecule has 0 fully saturated rings. The molecule has 0 radical (unpaired) electrons. The first-order chi connectivity index (χ1) is 12.9. The van der Waals surface area contributed by atoms with Crippen LogP contribution < -0.4 is 16.0 Å². The van der Waals surface area contributed by atoms with Gasteiger partial charge in [-0.25, -0.2) is 9.78 Å². The van der Waals surface area contributed by atoms with Crippen molar-refractivity contribution in [1.29, 1.82) is 0 Å². The molecular weight excluding hydrogens is 428 g/mol. The van der Waals surface area contributed by atoms with E-state index in [1.54, 1.807) is 25.1 Å². The molecule has 138 valence electrons. The third-order valence-corrected chi connectivity index (χ3v) is 5.20. The quantitative estimate of drug-likeness (QED) is 0.502. The maximum atomic E-state index is 12.5. The number of thiazole rings is 1. The van der Waals surface area contributed by atoms with Crippen molar-refractivity contribution in [3.05, 3.63) is 69.1 Å². The van der Waals surface area contributed by atoms with Gasteiger partial charge in [0.15, 0.2) is 5.13 Å². The van der Waals surface area contributed by atoms with Crippen LogP contribution in [-0.2, 0) is 0 Å². The zero-order chi connectivity index (χ0) is 19.4. The molecule has 1 heterocycles. The lowest BCUT2D eigenvalue weighted by atomic mass is 10.2. The van der Waals surface area contributed by atoms with Gasteiger partial charge in [0.1, 0.15) is 4.88 Å². The molecule has 8 heteroatoms. The Morgan fingerprint density at radius 3 is 2.41 bits per heavy atom. The van der Waals surface area contributed by atoms with E-state index in [4.69, 9.17) is 0 Å². The van der Waals surface area contributed by atoms with E-state index < -0.39 is 6.03 Å². The number of aryl methyl sites for hydroxylation is 2. The summed E-state index contributed by atoms with van der Waals surface area (Å²) in [5.74, 6) is -0.264. The van der Waals surface area contributed by atoms with Gasteiger partial charge in [-0.05, 0) is 55.8 Å². The summed E-state index contributed by atoms with van der Waals surface area (Å²) in [5.41, 5.74) is 2.97. The highest BCUT2D eigenvalue weighted by Crippen LogP contribution is 2.24. The van der Waals surface area contributed by atoms with Crippen LogP contribution in [0.4, 0.5) is 21.3 Å². The van der Waals surface area contributed by atoms with E-state index in [0.717, 1.165) is 21.4 Å². The van der Waals surface area contributed by atoms with E-state index in [1.807, 2.05) is 37.3 Å².